The first-order valence-electron chi connectivity index (χ1n) is 5.79. The molecule has 3 unspecified atom stereocenters. The molecule has 2 fully saturated rings. The number of nitrogens with one attached hydrogen (secondary N) is 1. The number of fused-ring (bicyclic) bond motifs is 1. The molecule has 14 heavy (non-hydrogen) atoms. The van der Waals surface area contributed by atoms with E-state index in [-0.39, 0.29) is 11.4 Å². The SMILES string of the molecule is CC.CC1CC(=O)NC2(C)CCC12C. The molecule has 1 saturated carbocycles. The molecule has 1 N–H and O–H groups in total. The van der Waals surface area contributed by atoms with Crippen molar-refractivity contribution in [2.75, 3.05) is 0 Å². The van der Waals surface area contributed by atoms with Crippen molar-refractivity contribution in [3.63, 3.8) is 0 Å². The Kier molecular flexibility index (Phi) is 2.93. The summed E-state index contributed by atoms with van der Waals surface area (Å²) in [6.45, 7) is 10.7. The van der Waals surface area contributed by atoms with Crippen LogP contribution in [0, 0.1) is 11.3 Å². The summed E-state index contributed by atoms with van der Waals surface area (Å²) in [6.07, 6.45) is 3.14. The molecule has 0 aromatic carbocycles. The van der Waals surface area contributed by atoms with Crippen LogP contribution in [-0.4, -0.2) is 11.4 Å². The maximum absolute atomic E-state index is 11.3. The van der Waals surface area contributed by atoms with E-state index in [1.54, 1.807) is 0 Å². The second-order valence-electron chi connectivity index (χ2n) is 4.90. The summed E-state index contributed by atoms with van der Waals surface area (Å²) < 4.78 is 0. The molecule has 0 aromatic rings. The van der Waals surface area contributed by atoms with E-state index in [1.807, 2.05) is 13.8 Å². The van der Waals surface area contributed by atoms with Crippen LogP contribution < -0.4 is 5.32 Å². The highest BCUT2D eigenvalue weighted by Crippen LogP contribution is 2.57. The van der Waals surface area contributed by atoms with Crippen LogP contribution in [0.25, 0.3) is 0 Å². The molecular formula is C12H23NO. The van der Waals surface area contributed by atoms with E-state index in [0.717, 1.165) is 6.42 Å². The van der Waals surface area contributed by atoms with Crippen LogP contribution in [0.5, 0.6) is 0 Å². The molecule has 2 heteroatoms. The predicted octanol–water partition coefficient (Wildman–Crippen LogP) is 2.73. The van der Waals surface area contributed by atoms with E-state index < -0.39 is 0 Å². The van der Waals surface area contributed by atoms with Gasteiger partial charge in [0.05, 0.1) is 0 Å². The minimum atomic E-state index is 0.0990. The number of hydrogen-bond acceptors (Lipinski definition) is 1. The number of amides is 1. The van der Waals surface area contributed by atoms with Gasteiger partial charge in [0, 0.05) is 12.0 Å². The minimum absolute atomic E-state index is 0.0990. The minimum Gasteiger partial charge on any atom is -0.350 e. The van der Waals surface area contributed by atoms with Gasteiger partial charge in [-0.05, 0) is 31.1 Å². The zero-order valence-corrected chi connectivity index (χ0v) is 10.1. The molecule has 0 bridgehead atoms. The van der Waals surface area contributed by atoms with Crippen molar-refractivity contribution in [2.45, 2.75) is 59.4 Å². The van der Waals surface area contributed by atoms with E-state index in [9.17, 15) is 4.79 Å². The summed E-state index contributed by atoms with van der Waals surface area (Å²) in [5.74, 6) is 0.784. The molecule has 1 saturated heterocycles. The van der Waals surface area contributed by atoms with Gasteiger partial charge in [-0.15, -0.1) is 0 Å². The van der Waals surface area contributed by atoms with Crippen molar-refractivity contribution in [2.24, 2.45) is 11.3 Å². The highest BCUT2D eigenvalue weighted by molar-refractivity contribution is 5.78. The van der Waals surface area contributed by atoms with Gasteiger partial charge >= 0.3 is 0 Å². The number of carbonyl (C=O) groups is 1. The Morgan fingerprint density at radius 2 is 1.86 bits per heavy atom. The lowest BCUT2D eigenvalue weighted by Crippen LogP contribution is -2.69. The second-order valence-corrected chi connectivity index (χ2v) is 4.90. The van der Waals surface area contributed by atoms with Crippen LogP contribution in [0.4, 0.5) is 0 Å². The molecule has 0 aromatic heterocycles. The van der Waals surface area contributed by atoms with Crippen LogP contribution in [0.2, 0.25) is 0 Å². The van der Waals surface area contributed by atoms with Gasteiger partial charge in [0.15, 0.2) is 0 Å². The Bertz CT molecular complexity index is 238. The summed E-state index contributed by atoms with van der Waals surface area (Å²) in [6, 6.07) is 0. The van der Waals surface area contributed by atoms with Gasteiger partial charge in [0.25, 0.3) is 0 Å². The third kappa shape index (κ3) is 1.35. The van der Waals surface area contributed by atoms with E-state index in [2.05, 4.69) is 26.1 Å². The van der Waals surface area contributed by atoms with Crippen molar-refractivity contribution in [1.29, 1.82) is 0 Å². The Balaban J connectivity index is 0.000000461. The normalized spacial score (nSPS) is 45.2. The summed E-state index contributed by atoms with van der Waals surface area (Å²) in [5.41, 5.74) is 0.461. The molecule has 3 atom stereocenters. The maximum Gasteiger partial charge on any atom is 0.220 e. The van der Waals surface area contributed by atoms with E-state index >= 15 is 0 Å². The lowest BCUT2D eigenvalue weighted by Gasteiger charge is -2.62. The second kappa shape index (κ2) is 3.56. The van der Waals surface area contributed by atoms with Crippen molar-refractivity contribution in [3.8, 4) is 0 Å². The smallest absolute Gasteiger partial charge is 0.220 e. The largest absolute Gasteiger partial charge is 0.350 e. The monoisotopic (exact) mass is 197 g/mol. The van der Waals surface area contributed by atoms with Gasteiger partial charge in [-0.3, -0.25) is 4.79 Å². The van der Waals surface area contributed by atoms with Gasteiger partial charge in [-0.1, -0.05) is 27.7 Å². The standard InChI is InChI=1S/C10H17NO.C2H6/c1-7-6-8(12)11-10(3)5-4-9(7,10)2;1-2/h7H,4-6H2,1-3H3,(H,11,12);1-2H3. The Morgan fingerprint density at radius 1 is 1.29 bits per heavy atom. The van der Waals surface area contributed by atoms with E-state index in [1.165, 1.54) is 6.42 Å². The number of piperidine rings is 1. The van der Waals surface area contributed by atoms with Gasteiger partial charge in [0.1, 0.15) is 0 Å². The summed E-state index contributed by atoms with van der Waals surface area (Å²) in [5, 5.41) is 3.12. The van der Waals surface area contributed by atoms with E-state index in [4.69, 9.17) is 0 Å². The molecule has 2 nitrogen and oxygen atoms in total. The fraction of sp³-hybridized carbons (Fsp3) is 0.917. The molecule has 1 aliphatic heterocycles. The molecule has 0 spiro atoms. The third-order valence-corrected chi connectivity index (χ3v) is 4.40. The van der Waals surface area contributed by atoms with Gasteiger partial charge in [-0.25, -0.2) is 0 Å². The predicted molar refractivity (Wildman–Crippen MR) is 59.0 cm³/mol. The molecule has 1 amide bonds. The van der Waals surface area contributed by atoms with Gasteiger partial charge in [0.2, 0.25) is 5.91 Å². The molecule has 1 heterocycles. The van der Waals surface area contributed by atoms with Crippen LogP contribution in [0.1, 0.15) is 53.9 Å². The van der Waals surface area contributed by atoms with Crippen molar-refractivity contribution < 1.29 is 4.79 Å². The number of carbonyl (C=O) groups excluding carboxylic acids is 1. The van der Waals surface area contributed by atoms with Crippen LogP contribution in [-0.2, 0) is 4.79 Å². The highest BCUT2D eigenvalue weighted by Gasteiger charge is 2.58. The molecular weight excluding hydrogens is 174 g/mol. The first kappa shape index (κ1) is 11.5. The van der Waals surface area contributed by atoms with Crippen molar-refractivity contribution in [3.05, 3.63) is 0 Å². The van der Waals surface area contributed by atoms with Crippen molar-refractivity contribution in [1.82, 2.24) is 5.32 Å². The van der Waals surface area contributed by atoms with Crippen molar-refractivity contribution >= 4 is 5.91 Å². The van der Waals surface area contributed by atoms with Gasteiger partial charge in [-0.2, -0.15) is 0 Å². The molecule has 82 valence electrons. The zero-order chi connectivity index (χ0) is 11.0. The number of rotatable bonds is 0. The van der Waals surface area contributed by atoms with Crippen LogP contribution in [0.15, 0.2) is 0 Å². The quantitative estimate of drug-likeness (QED) is 0.635. The lowest BCUT2D eigenvalue weighted by atomic mass is 9.49. The molecule has 1 aliphatic carbocycles. The highest BCUT2D eigenvalue weighted by atomic mass is 16.1. The number of hydrogen-bond donors (Lipinski definition) is 1. The Morgan fingerprint density at radius 3 is 2.21 bits per heavy atom. The third-order valence-electron chi connectivity index (χ3n) is 4.40. The van der Waals surface area contributed by atoms with Crippen LogP contribution >= 0.6 is 0 Å². The summed E-state index contributed by atoms with van der Waals surface area (Å²) >= 11 is 0. The zero-order valence-electron chi connectivity index (χ0n) is 10.1. The topological polar surface area (TPSA) is 29.1 Å². The fourth-order valence-corrected chi connectivity index (χ4v) is 2.75. The molecule has 2 aliphatic rings. The average molecular weight is 197 g/mol. The van der Waals surface area contributed by atoms with E-state index in [0.29, 0.717) is 17.8 Å². The first-order chi connectivity index (χ1) is 6.48. The van der Waals surface area contributed by atoms with Gasteiger partial charge < -0.3 is 5.32 Å². The fourth-order valence-electron chi connectivity index (χ4n) is 2.75. The Hall–Kier alpha value is -0.530. The average Bonchev–Trinajstić information content (AvgIpc) is 2.15. The lowest BCUT2D eigenvalue weighted by molar-refractivity contribution is -0.145. The molecule has 2 rings (SSSR count). The molecule has 0 radical (unpaired) electrons. The van der Waals surface area contributed by atoms with Crippen LogP contribution in [0.3, 0.4) is 0 Å². The first-order valence-corrected chi connectivity index (χ1v) is 5.79. The summed E-state index contributed by atoms with van der Waals surface area (Å²) in [7, 11) is 0. The Labute approximate surface area is 87.5 Å². The summed E-state index contributed by atoms with van der Waals surface area (Å²) in [4.78, 5) is 11.3. The maximum atomic E-state index is 11.3.